The summed E-state index contributed by atoms with van der Waals surface area (Å²) >= 11 is 1.73. The van der Waals surface area contributed by atoms with E-state index in [9.17, 15) is 4.79 Å². The largest absolute Gasteiger partial charge is 0.332 e. The quantitative estimate of drug-likeness (QED) is 0.716. The molecule has 0 aliphatic carbocycles. The van der Waals surface area contributed by atoms with E-state index in [0.29, 0.717) is 0 Å². The molecule has 0 amide bonds. The summed E-state index contributed by atoms with van der Waals surface area (Å²) in [7, 11) is 0. The summed E-state index contributed by atoms with van der Waals surface area (Å²) in [6.45, 7) is 0.721. The van der Waals surface area contributed by atoms with Crippen LogP contribution in [0.25, 0.3) is 5.69 Å². The average molecular weight is 270 g/mol. The van der Waals surface area contributed by atoms with Gasteiger partial charge in [0.15, 0.2) is 0 Å². The summed E-state index contributed by atoms with van der Waals surface area (Å²) < 4.78 is 3.43. The van der Waals surface area contributed by atoms with Gasteiger partial charge >= 0.3 is 5.69 Å². The first-order chi connectivity index (χ1) is 9.34. The fourth-order valence-corrected chi connectivity index (χ4v) is 2.75. The Morgan fingerprint density at radius 3 is 2.58 bits per heavy atom. The zero-order chi connectivity index (χ0) is 13.1. The van der Waals surface area contributed by atoms with Crippen molar-refractivity contribution in [2.75, 3.05) is 0 Å². The smallest absolute Gasteiger partial charge is 0.299 e. The van der Waals surface area contributed by atoms with Crippen molar-refractivity contribution in [3.63, 3.8) is 0 Å². The van der Waals surface area contributed by atoms with Crippen LogP contribution in [-0.4, -0.2) is 9.13 Å². The number of aryl methyl sites for hydroxylation is 2. The van der Waals surface area contributed by atoms with Crippen molar-refractivity contribution in [1.82, 2.24) is 9.13 Å². The van der Waals surface area contributed by atoms with Gasteiger partial charge in [-0.3, -0.25) is 9.13 Å². The van der Waals surface area contributed by atoms with Crippen molar-refractivity contribution in [2.24, 2.45) is 0 Å². The number of rotatable bonds is 4. The van der Waals surface area contributed by atoms with Gasteiger partial charge in [-0.15, -0.1) is 11.3 Å². The molecule has 3 aromatic rings. The van der Waals surface area contributed by atoms with E-state index in [-0.39, 0.29) is 5.69 Å². The highest BCUT2D eigenvalue weighted by Gasteiger charge is 2.05. The molecule has 0 unspecified atom stereocenters. The Labute approximate surface area is 115 Å². The zero-order valence-corrected chi connectivity index (χ0v) is 11.2. The minimum absolute atomic E-state index is 0.0164. The fraction of sp³-hybridized carbons (Fsp3) is 0.133. The normalized spacial score (nSPS) is 10.7. The Bertz CT molecular complexity index is 695. The molecule has 19 heavy (non-hydrogen) atoms. The average Bonchev–Trinajstić information content (AvgIpc) is 3.07. The maximum absolute atomic E-state index is 12.3. The monoisotopic (exact) mass is 270 g/mol. The topological polar surface area (TPSA) is 26.9 Å². The number of para-hydroxylation sites is 1. The van der Waals surface area contributed by atoms with Crippen LogP contribution in [0.1, 0.15) is 4.88 Å². The van der Waals surface area contributed by atoms with Crippen molar-refractivity contribution in [1.29, 1.82) is 0 Å². The van der Waals surface area contributed by atoms with E-state index in [4.69, 9.17) is 0 Å². The molecular weight excluding hydrogens is 256 g/mol. The molecule has 0 aliphatic rings. The maximum Gasteiger partial charge on any atom is 0.332 e. The van der Waals surface area contributed by atoms with Crippen molar-refractivity contribution in [3.05, 3.63) is 75.6 Å². The van der Waals surface area contributed by atoms with Crippen LogP contribution in [-0.2, 0) is 13.0 Å². The van der Waals surface area contributed by atoms with E-state index >= 15 is 0 Å². The van der Waals surface area contributed by atoms with Crippen LogP contribution in [0.2, 0.25) is 0 Å². The Balaban J connectivity index is 1.81. The van der Waals surface area contributed by atoms with E-state index < -0.39 is 0 Å². The molecule has 0 bridgehead atoms. The molecule has 4 heteroatoms. The number of aromatic nitrogens is 2. The highest BCUT2D eigenvalue weighted by molar-refractivity contribution is 7.09. The van der Waals surface area contributed by atoms with E-state index in [1.54, 1.807) is 20.5 Å². The first kappa shape index (κ1) is 12.0. The fourth-order valence-electron chi connectivity index (χ4n) is 2.05. The van der Waals surface area contributed by atoms with Crippen molar-refractivity contribution in [2.45, 2.75) is 13.0 Å². The van der Waals surface area contributed by atoms with Gasteiger partial charge in [-0.2, -0.15) is 0 Å². The summed E-state index contributed by atoms with van der Waals surface area (Å²) in [5, 5.41) is 2.06. The van der Waals surface area contributed by atoms with Gasteiger partial charge in [0.1, 0.15) is 0 Å². The van der Waals surface area contributed by atoms with Crippen LogP contribution in [0.15, 0.2) is 65.0 Å². The maximum atomic E-state index is 12.3. The molecule has 3 rings (SSSR count). The van der Waals surface area contributed by atoms with Gasteiger partial charge in [-0.25, -0.2) is 4.79 Å². The van der Waals surface area contributed by atoms with Gasteiger partial charge < -0.3 is 0 Å². The second kappa shape index (κ2) is 5.28. The molecule has 0 saturated heterocycles. The summed E-state index contributed by atoms with van der Waals surface area (Å²) in [4.78, 5) is 13.6. The third-order valence-corrected chi connectivity index (χ3v) is 4.00. The molecule has 0 spiro atoms. The SMILES string of the molecule is O=c1n(CCc2cccs2)ccn1-c1ccccc1. The van der Waals surface area contributed by atoms with Gasteiger partial charge in [-0.1, -0.05) is 24.3 Å². The lowest BCUT2D eigenvalue weighted by molar-refractivity contribution is 0.666. The van der Waals surface area contributed by atoms with Gasteiger partial charge in [-0.05, 0) is 30.0 Å². The first-order valence-corrected chi connectivity index (χ1v) is 7.08. The van der Waals surface area contributed by atoms with E-state index in [0.717, 1.165) is 18.7 Å². The molecule has 2 aromatic heterocycles. The van der Waals surface area contributed by atoms with Gasteiger partial charge in [0.25, 0.3) is 0 Å². The van der Waals surface area contributed by atoms with Crippen LogP contribution in [0.5, 0.6) is 0 Å². The lowest BCUT2D eigenvalue weighted by atomic mass is 10.3. The lowest BCUT2D eigenvalue weighted by Crippen LogP contribution is -2.23. The summed E-state index contributed by atoms with van der Waals surface area (Å²) in [6.07, 6.45) is 4.57. The predicted molar refractivity (Wildman–Crippen MR) is 78.1 cm³/mol. The standard InChI is InChI=1S/C15H14N2OS/c18-15-16(9-8-14-7-4-12-19-14)10-11-17(15)13-5-2-1-3-6-13/h1-7,10-12H,8-9H2. The molecule has 0 aliphatic heterocycles. The van der Waals surface area contributed by atoms with Crippen LogP contribution in [0, 0.1) is 0 Å². The third kappa shape index (κ3) is 2.53. The van der Waals surface area contributed by atoms with Gasteiger partial charge in [0.2, 0.25) is 0 Å². The Morgan fingerprint density at radius 1 is 1.00 bits per heavy atom. The predicted octanol–water partition coefficient (Wildman–Crippen LogP) is 2.94. The zero-order valence-electron chi connectivity index (χ0n) is 10.4. The van der Waals surface area contributed by atoms with Crippen LogP contribution in [0.3, 0.4) is 0 Å². The molecule has 2 heterocycles. The highest BCUT2D eigenvalue weighted by atomic mass is 32.1. The van der Waals surface area contributed by atoms with E-state index in [1.165, 1.54) is 4.88 Å². The second-order valence-corrected chi connectivity index (χ2v) is 5.34. The molecule has 3 nitrogen and oxygen atoms in total. The van der Waals surface area contributed by atoms with Crippen molar-refractivity contribution >= 4 is 11.3 Å². The van der Waals surface area contributed by atoms with E-state index in [1.807, 2.05) is 48.8 Å². The number of hydrogen-bond donors (Lipinski definition) is 0. The van der Waals surface area contributed by atoms with Crippen molar-refractivity contribution in [3.8, 4) is 5.69 Å². The van der Waals surface area contributed by atoms with Crippen LogP contribution < -0.4 is 5.69 Å². The lowest BCUT2D eigenvalue weighted by Gasteiger charge is -2.01. The minimum atomic E-state index is 0.0164. The van der Waals surface area contributed by atoms with Crippen LogP contribution in [0.4, 0.5) is 0 Å². The molecular formula is C15H14N2OS. The van der Waals surface area contributed by atoms with E-state index in [2.05, 4.69) is 11.4 Å². The Kier molecular flexibility index (Phi) is 3.33. The Morgan fingerprint density at radius 2 is 1.84 bits per heavy atom. The molecule has 0 atom stereocenters. The number of nitrogens with zero attached hydrogens (tertiary/aromatic N) is 2. The molecule has 96 valence electrons. The molecule has 0 N–H and O–H groups in total. The second-order valence-electron chi connectivity index (χ2n) is 4.31. The summed E-state index contributed by atoms with van der Waals surface area (Å²) in [5.41, 5.74) is 0.921. The third-order valence-electron chi connectivity index (χ3n) is 3.06. The molecule has 1 aromatic carbocycles. The van der Waals surface area contributed by atoms with Gasteiger partial charge in [0.05, 0.1) is 5.69 Å². The Hall–Kier alpha value is -2.07. The number of hydrogen-bond acceptors (Lipinski definition) is 2. The summed E-state index contributed by atoms with van der Waals surface area (Å²) in [6, 6.07) is 13.8. The first-order valence-electron chi connectivity index (χ1n) is 6.20. The van der Waals surface area contributed by atoms with Crippen molar-refractivity contribution < 1.29 is 0 Å². The summed E-state index contributed by atoms with van der Waals surface area (Å²) in [5.74, 6) is 0. The molecule has 0 fully saturated rings. The number of imidazole rings is 1. The number of thiophene rings is 1. The highest BCUT2D eigenvalue weighted by Crippen LogP contribution is 2.10. The molecule has 0 radical (unpaired) electrons. The number of benzene rings is 1. The van der Waals surface area contributed by atoms with Crippen LogP contribution >= 0.6 is 11.3 Å². The molecule has 0 saturated carbocycles. The van der Waals surface area contributed by atoms with Gasteiger partial charge in [0, 0.05) is 23.8 Å². The minimum Gasteiger partial charge on any atom is -0.299 e.